The monoisotopic (exact) mass is 365 g/mol. The number of nitrogens with two attached hydrogens (primary N) is 1. The number of thiophene rings is 1. The maximum atomic E-state index is 6.10. The minimum absolute atomic E-state index is 0.107. The lowest BCUT2D eigenvalue weighted by Crippen LogP contribution is -2.06. The van der Waals surface area contributed by atoms with Crippen LogP contribution in [0.1, 0.15) is 18.7 Å². The minimum Gasteiger partial charge on any atom is -0.489 e. The summed E-state index contributed by atoms with van der Waals surface area (Å²) in [5, 5.41) is 2.07. The number of rotatable bonds is 4. The standard InChI is InChI=1S/C15H16BrN3OS/c1-9(2)20-13-5-3-4-12-14(13)18-15(17)19(12)7-11-6-10(16)8-21-11/h3-6,8-9H,7H2,1-2H3,(H2,17,18). The van der Waals surface area contributed by atoms with E-state index in [4.69, 9.17) is 10.5 Å². The number of benzene rings is 1. The number of fused-ring (bicyclic) bond motifs is 1. The highest BCUT2D eigenvalue weighted by Crippen LogP contribution is 2.29. The lowest BCUT2D eigenvalue weighted by Gasteiger charge is -2.10. The Morgan fingerprint density at radius 3 is 2.90 bits per heavy atom. The van der Waals surface area contributed by atoms with Crippen LogP contribution in [-0.4, -0.2) is 15.7 Å². The van der Waals surface area contributed by atoms with Crippen molar-refractivity contribution >= 4 is 44.2 Å². The van der Waals surface area contributed by atoms with Crippen molar-refractivity contribution in [1.29, 1.82) is 0 Å². The van der Waals surface area contributed by atoms with Crippen molar-refractivity contribution in [3.63, 3.8) is 0 Å². The first-order valence-corrected chi connectivity index (χ1v) is 8.36. The maximum absolute atomic E-state index is 6.10. The molecule has 2 N–H and O–H groups in total. The van der Waals surface area contributed by atoms with Crippen LogP contribution in [0.2, 0.25) is 0 Å². The second-order valence-corrected chi connectivity index (χ2v) is 6.99. The van der Waals surface area contributed by atoms with Gasteiger partial charge in [0.15, 0.2) is 0 Å². The molecule has 3 rings (SSSR count). The van der Waals surface area contributed by atoms with Gasteiger partial charge in [-0.2, -0.15) is 0 Å². The minimum atomic E-state index is 0.107. The fourth-order valence-electron chi connectivity index (χ4n) is 2.25. The summed E-state index contributed by atoms with van der Waals surface area (Å²) in [5.41, 5.74) is 7.91. The summed E-state index contributed by atoms with van der Waals surface area (Å²) in [6.07, 6.45) is 0.107. The summed E-state index contributed by atoms with van der Waals surface area (Å²) in [4.78, 5) is 5.70. The Bertz CT molecular complexity index is 778. The quantitative estimate of drug-likeness (QED) is 0.750. The normalized spacial score (nSPS) is 11.4. The molecule has 3 aromatic rings. The molecule has 0 fully saturated rings. The van der Waals surface area contributed by atoms with E-state index in [0.717, 1.165) is 21.3 Å². The van der Waals surface area contributed by atoms with E-state index in [-0.39, 0.29) is 6.10 Å². The largest absolute Gasteiger partial charge is 0.489 e. The second kappa shape index (κ2) is 5.69. The third-order valence-corrected chi connectivity index (χ3v) is 4.75. The number of nitrogens with zero attached hydrogens (tertiary/aromatic N) is 2. The molecular weight excluding hydrogens is 350 g/mol. The summed E-state index contributed by atoms with van der Waals surface area (Å²) in [5.74, 6) is 1.29. The predicted molar refractivity (Wildman–Crippen MR) is 91.0 cm³/mol. The van der Waals surface area contributed by atoms with E-state index >= 15 is 0 Å². The Kier molecular flexibility index (Phi) is 3.91. The van der Waals surface area contributed by atoms with E-state index in [1.807, 2.05) is 36.6 Å². The number of nitrogen functional groups attached to an aromatic ring is 1. The molecule has 0 aliphatic heterocycles. The van der Waals surface area contributed by atoms with Crippen LogP contribution >= 0.6 is 27.3 Å². The molecule has 4 nitrogen and oxygen atoms in total. The number of anilines is 1. The zero-order valence-electron chi connectivity index (χ0n) is 11.8. The Balaban J connectivity index is 2.05. The number of hydrogen-bond donors (Lipinski definition) is 1. The first-order valence-electron chi connectivity index (χ1n) is 6.69. The number of imidazole rings is 1. The molecule has 0 spiro atoms. The van der Waals surface area contributed by atoms with E-state index in [1.165, 1.54) is 4.88 Å². The van der Waals surface area contributed by atoms with Crippen LogP contribution in [0.15, 0.2) is 34.1 Å². The summed E-state index contributed by atoms with van der Waals surface area (Å²) in [6, 6.07) is 8.03. The van der Waals surface area contributed by atoms with Crippen LogP contribution in [0.25, 0.3) is 11.0 Å². The van der Waals surface area contributed by atoms with Gasteiger partial charge in [-0.25, -0.2) is 4.98 Å². The van der Waals surface area contributed by atoms with Gasteiger partial charge in [-0.1, -0.05) is 6.07 Å². The molecule has 2 aromatic heterocycles. The van der Waals surface area contributed by atoms with Gasteiger partial charge in [-0.3, -0.25) is 0 Å². The van der Waals surface area contributed by atoms with Crippen molar-refractivity contribution in [2.24, 2.45) is 0 Å². The lowest BCUT2D eigenvalue weighted by atomic mass is 10.3. The summed E-state index contributed by atoms with van der Waals surface area (Å²) >= 11 is 5.18. The molecule has 0 radical (unpaired) electrons. The van der Waals surface area contributed by atoms with E-state index in [2.05, 4.69) is 32.4 Å². The number of hydrogen-bond acceptors (Lipinski definition) is 4. The van der Waals surface area contributed by atoms with Gasteiger partial charge in [0, 0.05) is 14.7 Å². The molecule has 110 valence electrons. The zero-order valence-corrected chi connectivity index (χ0v) is 14.2. The van der Waals surface area contributed by atoms with Crippen molar-refractivity contribution in [2.45, 2.75) is 26.5 Å². The van der Waals surface area contributed by atoms with Crippen LogP contribution in [0.4, 0.5) is 5.95 Å². The van der Waals surface area contributed by atoms with Gasteiger partial charge in [0.25, 0.3) is 0 Å². The fourth-order valence-corrected chi connectivity index (χ4v) is 3.69. The van der Waals surface area contributed by atoms with Crippen LogP contribution < -0.4 is 10.5 Å². The lowest BCUT2D eigenvalue weighted by molar-refractivity contribution is 0.245. The average Bonchev–Trinajstić information content (AvgIpc) is 2.96. The van der Waals surface area contributed by atoms with Gasteiger partial charge in [0.05, 0.1) is 18.2 Å². The smallest absolute Gasteiger partial charge is 0.201 e. The van der Waals surface area contributed by atoms with E-state index in [9.17, 15) is 0 Å². The van der Waals surface area contributed by atoms with Gasteiger partial charge >= 0.3 is 0 Å². The van der Waals surface area contributed by atoms with Crippen molar-refractivity contribution < 1.29 is 4.74 Å². The van der Waals surface area contributed by atoms with Gasteiger partial charge in [0.2, 0.25) is 5.95 Å². The Labute approximate surface area is 135 Å². The van der Waals surface area contributed by atoms with Crippen LogP contribution in [-0.2, 0) is 6.54 Å². The molecule has 0 aliphatic carbocycles. The van der Waals surface area contributed by atoms with E-state index in [0.29, 0.717) is 12.5 Å². The van der Waals surface area contributed by atoms with E-state index in [1.54, 1.807) is 11.3 Å². The Morgan fingerprint density at radius 1 is 1.43 bits per heavy atom. The van der Waals surface area contributed by atoms with Crippen LogP contribution in [0, 0.1) is 0 Å². The van der Waals surface area contributed by atoms with Gasteiger partial charge in [0.1, 0.15) is 11.3 Å². The van der Waals surface area contributed by atoms with Crippen molar-refractivity contribution in [2.75, 3.05) is 5.73 Å². The van der Waals surface area contributed by atoms with Gasteiger partial charge in [-0.05, 0) is 48.0 Å². The molecule has 0 unspecified atom stereocenters. The number of para-hydroxylation sites is 1. The predicted octanol–water partition coefficient (Wildman–Crippen LogP) is 4.28. The van der Waals surface area contributed by atoms with Crippen molar-refractivity contribution in [3.05, 3.63) is 39.0 Å². The molecule has 0 saturated heterocycles. The second-order valence-electron chi connectivity index (χ2n) is 5.08. The van der Waals surface area contributed by atoms with Crippen LogP contribution in [0.3, 0.4) is 0 Å². The fraction of sp³-hybridized carbons (Fsp3) is 0.267. The number of halogens is 1. The molecule has 0 atom stereocenters. The highest BCUT2D eigenvalue weighted by atomic mass is 79.9. The summed E-state index contributed by atoms with van der Waals surface area (Å²) in [6.45, 7) is 4.72. The summed E-state index contributed by atoms with van der Waals surface area (Å²) in [7, 11) is 0. The third-order valence-electron chi connectivity index (χ3n) is 3.07. The zero-order chi connectivity index (χ0) is 15.0. The van der Waals surface area contributed by atoms with Crippen molar-refractivity contribution in [3.8, 4) is 5.75 Å². The maximum Gasteiger partial charge on any atom is 0.201 e. The Hall–Kier alpha value is -1.53. The molecule has 1 aromatic carbocycles. The third kappa shape index (κ3) is 2.91. The SMILES string of the molecule is CC(C)Oc1cccc2c1nc(N)n2Cc1cc(Br)cs1. The molecule has 0 amide bonds. The first-order chi connectivity index (χ1) is 10.0. The molecule has 0 aliphatic rings. The van der Waals surface area contributed by atoms with Crippen LogP contribution in [0.5, 0.6) is 5.75 Å². The number of aromatic nitrogens is 2. The van der Waals surface area contributed by atoms with Crippen molar-refractivity contribution in [1.82, 2.24) is 9.55 Å². The molecule has 2 heterocycles. The van der Waals surface area contributed by atoms with E-state index < -0.39 is 0 Å². The molecule has 6 heteroatoms. The molecular formula is C15H16BrN3OS. The molecule has 0 bridgehead atoms. The highest BCUT2D eigenvalue weighted by molar-refractivity contribution is 9.10. The summed E-state index contributed by atoms with van der Waals surface area (Å²) < 4.78 is 8.92. The number of ether oxygens (including phenoxy) is 1. The molecule has 0 saturated carbocycles. The average molecular weight is 366 g/mol. The first kappa shape index (κ1) is 14.4. The topological polar surface area (TPSA) is 53.1 Å². The highest BCUT2D eigenvalue weighted by Gasteiger charge is 2.14. The van der Waals surface area contributed by atoms with Gasteiger partial charge in [-0.15, -0.1) is 11.3 Å². The van der Waals surface area contributed by atoms with Gasteiger partial charge < -0.3 is 15.0 Å². The molecule has 21 heavy (non-hydrogen) atoms. The Morgan fingerprint density at radius 2 is 2.24 bits per heavy atom.